The van der Waals surface area contributed by atoms with Crippen molar-refractivity contribution >= 4 is 23.0 Å². The number of thiocarbonyl (C=S) groups is 1. The Morgan fingerprint density at radius 1 is 1.35 bits per heavy atom. The molecule has 0 aliphatic carbocycles. The van der Waals surface area contributed by atoms with Gasteiger partial charge in [-0.2, -0.15) is 0 Å². The van der Waals surface area contributed by atoms with E-state index in [0.29, 0.717) is 5.11 Å². The van der Waals surface area contributed by atoms with Gasteiger partial charge in [0.15, 0.2) is 5.11 Å². The van der Waals surface area contributed by atoms with Gasteiger partial charge in [-0.3, -0.25) is 0 Å². The van der Waals surface area contributed by atoms with Gasteiger partial charge < -0.3 is 15.4 Å². The summed E-state index contributed by atoms with van der Waals surface area (Å²) in [5.74, 6) is 0.823. The van der Waals surface area contributed by atoms with Crippen LogP contribution in [-0.4, -0.2) is 18.8 Å². The van der Waals surface area contributed by atoms with Gasteiger partial charge in [0.05, 0.1) is 7.11 Å². The van der Waals surface area contributed by atoms with E-state index in [1.807, 2.05) is 24.3 Å². The Morgan fingerprint density at radius 3 is 2.88 bits per heavy atom. The van der Waals surface area contributed by atoms with E-state index in [9.17, 15) is 0 Å². The summed E-state index contributed by atoms with van der Waals surface area (Å²) in [5, 5.41) is 6.98. The maximum Gasteiger partial charge on any atom is 0.170 e. The van der Waals surface area contributed by atoms with E-state index >= 15 is 0 Å². The lowest BCUT2D eigenvalue weighted by atomic mass is 10.2. The SMILES string of the molecule is CCCCCNC(=S)Nc1cccc(OC)c1. The molecule has 2 N–H and O–H groups in total. The number of anilines is 1. The molecule has 0 amide bonds. The highest BCUT2D eigenvalue weighted by molar-refractivity contribution is 7.80. The third kappa shape index (κ3) is 5.54. The third-order valence-electron chi connectivity index (χ3n) is 2.39. The van der Waals surface area contributed by atoms with Gasteiger partial charge in [0.2, 0.25) is 0 Å². The monoisotopic (exact) mass is 252 g/mol. The standard InChI is InChI=1S/C13H20N2OS/c1-3-4-5-9-14-13(17)15-11-7-6-8-12(10-11)16-2/h6-8,10H,3-5,9H2,1-2H3,(H2,14,15,17). The molecule has 0 aromatic heterocycles. The predicted octanol–water partition coefficient (Wildman–Crippen LogP) is 3.17. The lowest BCUT2D eigenvalue weighted by molar-refractivity contribution is 0.415. The van der Waals surface area contributed by atoms with E-state index in [-0.39, 0.29) is 0 Å². The van der Waals surface area contributed by atoms with E-state index in [1.54, 1.807) is 7.11 Å². The van der Waals surface area contributed by atoms with Crippen molar-refractivity contribution in [2.24, 2.45) is 0 Å². The number of hydrogen-bond acceptors (Lipinski definition) is 2. The summed E-state index contributed by atoms with van der Waals surface area (Å²) in [4.78, 5) is 0. The number of ether oxygens (including phenoxy) is 1. The minimum absolute atomic E-state index is 0.661. The normalized spacial score (nSPS) is 9.76. The van der Waals surface area contributed by atoms with E-state index in [2.05, 4.69) is 17.6 Å². The van der Waals surface area contributed by atoms with Crippen molar-refractivity contribution in [2.75, 3.05) is 19.0 Å². The molecule has 0 atom stereocenters. The Bertz CT molecular complexity index is 355. The first-order valence-corrected chi connectivity index (χ1v) is 6.36. The van der Waals surface area contributed by atoms with Gasteiger partial charge in [-0.1, -0.05) is 25.8 Å². The summed E-state index contributed by atoms with van der Waals surface area (Å²) >= 11 is 5.20. The van der Waals surface area contributed by atoms with Crippen LogP contribution in [0.1, 0.15) is 26.2 Å². The molecule has 1 aromatic carbocycles. The summed E-state index contributed by atoms with van der Waals surface area (Å²) in [7, 11) is 1.65. The lowest BCUT2D eigenvalue weighted by Crippen LogP contribution is -2.29. The zero-order chi connectivity index (χ0) is 12.5. The Kier molecular flexibility index (Phi) is 6.40. The molecule has 0 aliphatic rings. The van der Waals surface area contributed by atoms with E-state index in [1.165, 1.54) is 12.8 Å². The summed E-state index contributed by atoms with van der Waals surface area (Å²) in [6.07, 6.45) is 3.60. The average molecular weight is 252 g/mol. The molecule has 0 heterocycles. The van der Waals surface area contributed by atoms with Gasteiger partial charge in [-0.15, -0.1) is 0 Å². The molecule has 3 nitrogen and oxygen atoms in total. The first kappa shape index (κ1) is 13.8. The summed E-state index contributed by atoms with van der Waals surface area (Å²) in [5.41, 5.74) is 0.942. The van der Waals surface area contributed by atoms with Crippen LogP contribution in [0.15, 0.2) is 24.3 Å². The molecule has 1 aromatic rings. The number of benzene rings is 1. The zero-order valence-electron chi connectivity index (χ0n) is 10.5. The van der Waals surface area contributed by atoms with Crippen molar-refractivity contribution in [3.8, 4) is 5.75 Å². The van der Waals surface area contributed by atoms with Crippen LogP contribution in [0.5, 0.6) is 5.75 Å². The van der Waals surface area contributed by atoms with Crippen molar-refractivity contribution in [3.05, 3.63) is 24.3 Å². The van der Waals surface area contributed by atoms with Crippen LogP contribution >= 0.6 is 12.2 Å². The van der Waals surface area contributed by atoms with Crippen LogP contribution in [-0.2, 0) is 0 Å². The smallest absolute Gasteiger partial charge is 0.170 e. The van der Waals surface area contributed by atoms with Crippen molar-refractivity contribution < 1.29 is 4.74 Å². The minimum atomic E-state index is 0.661. The Balaban J connectivity index is 2.34. The third-order valence-corrected chi connectivity index (χ3v) is 2.64. The maximum absolute atomic E-state index is 5.20. The fourth-order valence-corrected chi connectivity index (χ4v) is 1.67. The number of rotatable bonds is 6. The summed E-state index contributed by atoms with van der Waals surface area (Å²) in [6.45, 7) is 3.11. The van der Waals surface area contributed by atoms with Gasteiger partial charge in [-0.05, 0) is 30.8 Å². The van der Waals surface area contributed by atoms with E-state index < -0.39 is 0 Å². The lowest BCUT2D eigenvalue weighted by Gasteiger charge is -2.11. The fourth-order valence-electron chi connectivity index (χ4n) is 1.45. The minimum Gasteiger partial charge on any atom is -0.497 e. The van der Waals surface area contributed by atoms with Crippen LogP contribution in [0.3, 0.4) is 0 Å². The molecule has 0 aliphatic heterocycles. The largest absolute Gasteiger partial charge is 0.497 e. The van der Waals surface area contributed by atoms with Crippen LogP contribution in [0, 0.1) is 0 Å². The van der Waals surface area contributed by atoms with Crippen molar-refractivity contribution in [3.63, 3.8) is 0 Å². The molecule has 1 rings (SSSR count). The first-order chi connectivity index (χ1) is 8.26. The topological polar surface area (TPSA) is 33.3 Å². The molecule has 0 saturated heterocycles. The molecule has 0 saturated carbocycles. The van der Waals surface area contributed by atoms with E-state index in [4.69, 9.17) is 17.0 Å². The Labute approximate surface area is 109 Å². The molecule has 0 unspecified atom stereocenters. The van der Waals surface area contributed by atoms with Crippen molar-refractivity contribution in [1.82, 2.24) is 5.32 Å². The van der Waals surface area contributed by atoms with Crippen LogP contribution in [0.4, 0.5) is 5.69 Å². The highest BCUT2D eigenvalue weighted by atomic mass is 32.1. The number of unbranched alkanes of at least 4 members (excludes halogenated alkanes) is 2. The molecular formula is C13H20N2OS. The van der Waals surface area contributed by atoms with Gasteiger partial charge in [0, 0.05) is 18.3 Å². The number of hydrogen-bond donors (Lipinski definition) is 2. The second kappa shape index (κ2) is 7.90. The molecule has 94 valence electrons. The van der Waals surface area contributed by atoms with Gasteiger partial charge in [-0.25, -0.2) is 0 Å². The first-order valence-electron chi connectivity index (χ1n) is 5.95. The number of methoxy groups -OCH3 is 1. The van der Waals surface area contributed by atoms with E-state index in [0.717, 1.165) is 24.4 Å². The molecule has 0 fully saturated rings. The highest BCUT2D eigenvalue weighted by Gasteiger charge is 1.98. The molecule has 0 bridgehead atoms. The fraction of sp³-hybridized carbons (Fsp3) is 0.462. The molecular weight excluding hydrogens is 232 g/mol. The Hall–Kier alpha value is -1.29. The molecule has 4 heteroatoms. The van der Waals surface area contributed by atoms with Gasteiger partial charge >= 0.3 is 0 Å². The molecule has 17 heavy (non-hydrogen) atoms. The zero-order valence-corrected chi connectivity index (χ0v) is 11.3. The van der Waals surface area contributed by atoms with Crippen LogP contribution in [0.2, 0.25) is 0 Å². The van der Waals surface area contributed by atoms with Gasteiger partial charge in [0.25, 0.3) is 0 Å². The highest BCUT2D eigenvalue weighted by Crippen LogP contribution is 2.16. The molecule has 0 radical (unpaired) electrons. The van der Waals surface area contributed by atoms with Crippen LogP contribution < -0.4 is 15.4 Å². The summed E-state index contributed by atoms with van der Waals surface area (Å²) in [6, 6.07) is 7.71. The quantitative estimate of drug-likeness (QED) is 0.602. The predicted molar refractivity (Wildman–Crippen MR) is 76.7 cm³/mol. The maximum atomic E-state index is 5.20. The van der Waals surface area contributed by atoms with Gasteiger partial charge in [0.1, 0.15) is 5.75 Å². The van der Waals surface area contributed by atoms with Crippen molar-refractivity contribution in [1.29, 1.82) is 0 Å². The average Bonchev–Trinajstić information content (AvgIpc) is 2.35. The van der Waals surface area contributed by atoms with Crippen LogP contribution in [0.25, 0.3) is 0 Å². The summed E-state index contributed by atoms with van der Waals surface area (Å²) < 4.78 is 5.15. The second-order valence-corrected chi connectivity index (χ2v) is 4.23. The Morgan fingerprint density at radius 2 is 2.18 bits per heavy atom. The second-order valence-electron chi connectivity index (χ2n) is 3.82. The number of nitrogens with one attached hydrogen (secondary N) is 2. The van der Waals surface area contributed by atoms with Crippen molar-refractivity contribution in [2.45, 2.75) is 26.2 Å². The molecule has 0 spiro atoms.